The Labute approximate surface area is 29.5 Å². The summed E-state index contributed by atoms with van der Waals surface area (Å²) < 4.78 is 0. The van der Waals surface area contributed by atoms with Gasteiger partial charge in [0, 0.05) is 0 Å². The van der Waals surface area contributed by atoms with E-state index in [9.17, 15) is 0 Å². The van der Waals surface area contributed by atoms with Gasteiger partial charge in [0.25, 0.3) is 0 Å². The van der Waals surface area contributed by atoms with Crippen molar-refractivity contribution in [3.8, 4) is 0 Å². The highest BCUT2D eigenvalue weighted by Crippen LogP contribution is 1.25. The number of hydrogen-bond donors (Lipinski definition) is 2. The normalized spacial score (nSPS) is 3.60. The standard InChI is InChI=1S/CH5N.HNO2/c1-2;2-1-3/h2H2,1H3;(H,2,3). The van der Waals surface area contributed by atoms with Gasteiger partial charge in [-0.3, -0.25) is 0 Å². The zero-order valence-electron chi connectivity index (χ0n) is 2.88. The first-order chi connectivity index (χ1) is 2.41. The predicted octanol–water partition coefficient (Wildman–Crippen LogP) is -0.283. The van der Waals surface area contributed by atoms with E-state index in [0.717, 1.165) is 0 Å². The van der Waals surface area contributed by atoms with Gasteiger partial charge in [0.2, 0.25) is 0 Å². The van der Waals surface area contributed by atoms with Crippen LogP contribution in [-0.2, 0) is 0 Å². The molecule has 0 radical (unpaired) electrons. The van der Waals surface area contributed by atoms with E-state index in [-0.39, 0.29) is 0 Å². The van der Waals surface area contributed by atoms with Gasteiger partial charge >= 0.3 is 0 Å². The maximum absolute atomic E-state index is 8.11. The highest BCUT2D eigenvalue weighted by molar-refractivity contribution is 3.83. The molecule has 3 N–H and O–H groups in total. The van der Waals surface area contributed by atoms with Crippen molar-refractivity contribution in [1.82, 2.24) is 0 Å². The van der Waals surface area contributed by atoms with Gasteiger partial charge in [0.1, 0.15) is 0 Å². The summed E-state index contributed by atoms with van der Waals surface area (Å²) in [7, 11) is 1.50. The van der Waals surface area contributed by atoms with Crippen molar-refractivity contribution in [1.29, 1.82) is 0 Å². The molecule has 0 atom stereocenters. The van der Waals surface area contributed by atoms with Crippen LogP contribution in [0.25, 0.3) is 0 Å². The first-order valence-corrected chi connectivity index (χ1v) is 0.960. The van der Waals surface area contributed by atoms with Gasteiger partial charge < -0.3 is 10.9 Å². The molecule has 4 nitrogen and oxygen atoms in total. The van der Waals surface area contributed by atoms with Crippen molar-refractivity contribution in [3.63, 3.8) is 0 Å². The van der Waals surface area contributed by atoms with Crippen LogP contribution in [0.4, 0.5) is 0 Å². The fourth-order valence-electron chi connectivity index (χ4n) is 0. The smallest absolute Gasteiger partial charge is 0.152 e. The zero-order chi connectivity index (χ0) is 4.71. The highest BCUT2D eigenvalue weighted by Gasteiger charge is 1.18. The molecule has 0 spiro atoms. The second-order valence-electron chi connectivity index (χ2n) is 0.0816. The van der Waals surface area contributed by atoms with Crippen molar-refractivity contribution in [2.24, 2.45) is 11.1 Å². The van der Waals surface area contributed by atoms with Crippen LogP contribution >= 0.6 is 0 Å². The summed E-state index contributed by atoms with van der Waals surface area (Å²) in [4.78, 5) is 8.11. The van der Waals surface area contributed by atoms with Crippen LogP contribution in [0.2, 0.25) is 0 Å². The van der Waals surface area contributed by atoms with Gasteiger partial charge in [0.05, 0.1) is 0 Å². The van der Waals surface area contributed by atoms with E-state index >= 15 is 0 Å². The van der Waals surface area contributed by atoms with E-state index in [4.69, 9.17) is 10.1 Å². The van der Waals surface area contributed by atoms with Crippen molar-refractivity contribution in [3.05, 3.63) is 4.91 Å². The van der Waals surface area contributed by atoms with Crippen LogP contribution in [0.15, 0.2) is 5.34 Å². The van der Waals surface area contributed by atoms with E-state index in [1.165, 1.54) is 12.4 Å². The van der Waals surface area contributed by atoms with Crippen molar-refractivity contribution in [2.75, 3.05) is 7.05 Å². The molecule has 0 unspecified atom stereocenters. The minimum Gasteiger partial charge on any atom is -0.379 e. The molecule has 5 heavy (non-hydrogen) atoms. The van der Waals surface area contributed by atoms with Crippen LogP contribution in [-0.4, -0.2) is 12.3 Å². The third-order valence-corrected chi connectivity index (χ3v) is 0. The molecule has 0 saturated heterocycles. The average Bonchev–Trinajstić information content (AvgIpc) is 1.46. The summed E-state index contributed by atoms with van der Waals surface area (Å²) in [6.45, 7) is 0. The summed E-state index contributed by atoms with van der Waals surface area (Å²) in [6.07, 6.45) is 0. The fraction of sp³-hybridized carbons (Fsp3) is 1.00. The number of rotatable bonds is 0. The van der Waals surface area contributed by atoms with Crippen LogP contribution in [0.3, 0.4) is 0 Å². The lowest BCUT2D eigenvalue weighted by Gasteiger charge is -1.32. The van der Waals surface area contributed by atoms with Gasteiger partial charge in [0.15, 0.2) is 5.34 Å². The molecule has 0 saturated carbocycles. The molecule has 32 valence electrons. The molecular formula is CH6N2O2. The third kappa shape index (κ3) is 15.2. The SMILES string of the molecule is CN.O=NO. The minimum absolute atomic E-state index is 1.25. The quantitative estimate of drug-likeness (QED) is 0.309. The van der Waals surface area contributed by atoms with E-state index in [1.54, 1.807) is 0 Å². The molecule has 0 aliphatic heterocycles. The number of hydrogen-bond acceptors (Lipinski definition) is 3. The van der Waals surface area contributed by atoms with Gasteiger partial charge in [-0.25, -0.2) is 0 Å². The lowest BCUT2D eigenvalue weighted by Crippen LogP contribution is -1.69. The Morgan fingerprint density at radius 3 is 1.80 bits per heavy atom. The summed E-state index contributed by atoms with van der Waals surface area (Å²) in [6, 6.07) is 0. The second-order valence-corrected chi connectivity index (χ2v) is 0.0816. The lowest BCUT2D eigenvalue weighted by molar-refractivity contribution is 0.312. The molecule has 0 fully saturated rings. The number of nitrogens with two attached hydrogens (primary N) is 1. The molecule has 4 heteroatoms. The van der Waals surface area contributed by atoms with Crippen molar-refractivity contribution < 1.29 is 5.21 Å². The maximum Gasteiger partial charge on any atom is 0.152 e. The summed E-state index contributed by atoms with van der Waals surface area (Å²) >= 11 is 0. The van der Waals surface area contributed by atoms with Gasteiger partial charge in [-0.2, -0.15) is 0 Å². The van der Waals surface area contributed by atoms with E-state index in [1.807, 2.05) is 0 Å². The zero-order valence-corrected chi connectivity index (χ0v) is 2.88. The van der Waals surface area contributed by atoms with Crippen molar-refractivity contribution >= 4 is 0 Å². The molecule has 0 aliphatic rings. The third-order valence-electron chi connectivity index (χ3n) is 0. The predicted molar refractivity (Wildman–Crippen MR) is 17.7 cm³/mol. The Hall–Kier alpha value is -0.640. The molecule has 0 aromatic carbocycles. The minimum atomic E-state index is 1.25. The van der Waals surface area contributed by atoms with E-state index < -0.39 is 0 Å². The molecule has 0 amide bonds. The average molecular weight is 78.1 g/mol. The van der Waals surface area contributed by atoms with Crippen LogP contribution in [0, 0.1) is 4.91 Å². The van der Waals surface area contributed by atoms with Crippen LogP contribution in [0.1, 0.15) is 0 Å². The highest BCUT2D eigenvalue weighted by atomic mass is 16.6. The lowest BCUT2D eigenvalue weighted by atomic mass is 11.6. The van der Waals surface area contributed by atoms with E-state index in [0.29, 0.717) is 0 Å². The fourth-order valence-corrected chi connectivity index (χ4v) is 0. The Morgan fingerprint density at radius 2 is 1.80 bits per heavy atom. The largest absolute Gasteiger partial charge is 0.379 e. The molecule has 0 rings (SSSR count). The molecule has 0 bridgehead atoms. The molecule has 0 aromatic heterocycles. The van der Waals surface area contributed by atoms with E-state index in [2.05, 4.69) is 5.73 Å². The summed E-state index contributed by atoms with van der Waals surface area (Å²) in [5.41, 5.74) is 4.50. The Balaban J connectivity index is 0. The second kappa shape index (κ2) is 144. The maximum atomic E-state index is 8.11. The van der Waals surface area contributed by atoms with Crippen molar-refractivity contribution in [2.45, 2.75) is 0 Å². The van der Waals surface area contributed by atoms with Gasteiger partial charge in [-0.1, -0.05) is 0 Å². The molecule has 0 heterocycles. The molecule has 0 aliphatic carbocycles. The number of nitrogens with zero attached hydrogens (tertiary/aromatic N) is 1. The van der Waals surface area contributed by atoms with Gasteiger partial charge in [-0.05, 0) is 7.05 Å². The van der Waals surface area contributed by atoms with Crippen LogP contribution in [0.5, 0.6) is 0 Å². The first kappa shape index (κ1) is 8.84. The summed E-state index contributed by atoms with van der Waals surface area (Å²) in [5.74, 6) is 0. The van der Waals surface area contributed by atoms with Crippen LogP contribution < -0.4 is 5.73 Å². The summed E-state index contributed by atoms with van der Waals surface area (Å²) in [5, 5.41) is 7.89. The van der Waals surface area contributed by atoms with Gasteiger partial charge in [-0.15, -0.1) is 4.91 Å². The Morgan fingerprint density at radius 1 is 1.80 bits per heavy atom. The Kier molecular flexibility index (Phi) is 255. The Bertz CT molecular complexity index is 15.1. The molecule has 0 aromatic rings. The topological polar surface area (TPSA) is 75.7 Å². The monoisotopic (exact) mass is 78.0 g/mol. The first-order valence-electron chi connectivity index (χ1n) is 0.960. The molecular weight excluding hydrogens is 72.0 g/mol.